The van der Waals surface area contributed by atoms with Crippen molar-refractivity contribution in [3.8, 4) is 40.6 Å². The second-order valence-electron chi connectivity index (χ2n) is 24.8. The largest absolute Gasteiger partial charge is 0.492 e. The first kappa shape index (κ1) is 80.0. The molecule has 0 saturated carbocycles. The van der Waals surface area contributed by atoms with Crippen LogP contribution in [0, 0.1) is 45.7 Å². The van der Waals surface area contributed by atoms with Crippen molar-refractivity contribution in [1.29, 1.82) is 0 Å². The average molecular weight is 1310 g/mol. The maximum absolute atomic E-state index is 14.7. The number of ether oxygens (including phenoxy) is 1. The Labute approximate surface area is 556 Å². The number of nitrogens with one attached hydrogen (secondary N) is 2. The molecule has 18 heteroatoms. The number of carboxylic acid groups (broad SMARTS) is 6. The van der Waals surface area contributed by atoms with Gasteiger partial charge in [-0.1, -0.05) is 227 Å². The molecule has 510 valence electrons. The Balaban J connectivity index is 0.000000366. The van der Waals surface area contributed by atoms with Gasteiger partial charge in [0.25, 0.3) is 0 Å². The highest BCUT2D eigenvalue weighted by molar-refractivity contribution is 6.32. The van der Waals surface area contributed by atoms with Gasteiger partial charge in [-0.2, -0.15) is 0 Å². The van der Waals surface area contributed by atoms with Crippen LogP contribution in [0.4, 0.5) is 4.39 Å². The predicted molar refractivity (Wildman–Crippen MR) is 365 cm³/mol. The summed E-state index contributed by atoms with van der Waals surface area (Å²) in [5.74, 6) is 2.96. The third kappa shape index (κ3) is 29.3. The van der Waals surface area contributed by atoms with Crippen molar-refractivity contribution in [3.05, 3.63) is 124 Å². The van der Waals surface area contributed by atoms with Gasteiger partial charge in [0.2, 0.25) is 0 Å². The second kappa shape index (κ2) is 44.3. The summed E-state index contributed by atoms with van der Waals surface area (Å²) in [5, 5.41) is 61.2. The summed E-state index contributed by atoms with van der Waals surface area (Å²) in [6, 6.07) is 27.2. The zero-order valence-corrected chi connectivity index (χ0v) is 56.4. The van der Waals surface area contributed by atoms with E-state index in [0.29, 0.717) is 49.1 Å². The van der Waals surface area contributed by atoms with Crippen LogP contribution in [0.15, 0.2) is 84.9 Å². The van der Waals surface area contributed by atoms with Gasteiger partial charge in [-0.25, -0.2) is 4.39 Å². The Hall–Kier alpha value is -7.28. The van der Waals surface area contributed by atoms with Crippen LogP contribution < -0.4 is 15.4 Å². The highest BCUT2D eigenvalue weighted by atomic mass is 35.5. The number of hydrogen-bond donors (Lipinski definition) is 8. The summed E-state index contributed by atoms with van der Waals surface area (Å²) in [6.45, 7) is 11.8. The summed E-state index contributed by atoms with van der Waals surface area (Å²) >= 11 is 6.32. The minimum atomic E-state index is -1.93. The van der Waals surface area contributed by atoms with Crippen molar-refractivity contribution in [2.24, 2.45) is 16.2 Å². The third-order valence-corrected chi connectivity index (χ3v) is 17.1. The number of aliphatic carboxylic acids is 6. The summed E-state index contributed by atoms with van der Waals surface area (Å²) in [7, 11) is 0. The number of halogens is 2. The Morgan fingerprint density at radius 1 is 0.505 bits per heavy atom. The summed E-state index contributed by atoms with van der Waals surface area (Å²) < 4.78 is 20.5. The molecule has 0 unspecified atom stereocenters. The van der Waals surface area contributed by atoms with Crippen LogP contribution in [0.2, 0.25) is 5.02 Å². The van der Waals surface area contributed by atoms with Gasteiger partial charge in [-0.05, 0) is 97.5 Å². The third-order valence-electron chi connectivity index (χ3n) is 16.8. The second-order valence-corrected chi connectivity index (χ2v) is 25.2. The molecule has 0 aliphatic carbocycles. The zero-order valence-electron chi connectivity index (χ0n) is 55.7. The minimum Gasteiger partial charge on any atom is -0.492 e. The first-order valence-electron chi connectivity index (χ1n) is 33.4. The monoisotopic (exact) mass is 1310 g/mol. The molecule has 0 aromatic heterocycles. The molecule has 0 spiro atoms. The molecular weight excluding hydrogens is 1210 g/mol. The van der Waals surface area contributed by atoms with Crippen molar-refractivity contribution in [3.63, 3.8) is 0 Å². The maximum atomic E-state index is 14.7. The molecule has 4 aromatic carbocycles. The molecule has 0 radical (unpaired) electrons. The first-order chi connectivity index (χ1) is 44.6. The van der Waals surface area contributed by atoms with E-state index < -0.39 is 52.1 Å². The number of rotatable bonds is 42. The lowest BCUT2D eigenvalue weighted by molar-refractivity contribution is -0.178. The molecule has 16 nitrogen and oxygen atoms in total. The van der Waals surface area contributed by atoms with E-state index in [4.69, 9.17) is 47.0 Å². The number of aryl methyl sites for hydroxylation is 2. The Kier molecular flexibility index (Phi) is 38.1. The summed E-state index contributed by atoms with van der Waals surface area (Å²) in [6.07, 6.45) is 28.4. The lowest BCUT2D eigenvalue weighted by Gasteiger charge is -2.44. The number of benzene rings is 4. The van der Waals surface area contributed by atoms with Gasteiger partial charge >= 0.3 is 35.8 Å². The average Bonchev–Trinajstić information content (AvgIpc) is 0.768. The van der Waals surface area contributed by atoms with Crippen molar-refractivity contribution < 1.29 is 68.5 Å². The van der Waals surface area contributed by atoms with E-state index >= 15 is 0 Å². The van der Waals surface area contributed by atoms with Crippen molar-refractivity contribution in [2.75, 3.05) is 32.8 Å². The molecule has 0 amide bonds. The molecule has 1 aliphatic rings. The SMILES string of the molecule is CCCCCCCCCCOc1ccc(CNCC#CCC(C)(C(=O)O)C(=O)O)cc1Cl.CCCCCCCCCCc1ccc(CN2CC(C(=O)O)(C(=O)O)C2)cc1.CCCCCCCc1ccc(-c2ccc(CNCC#CCC(C)(C(=O)O)C(=O)O)cc2F)cc1. The van der Waals surface area contributed by atoms with Crippen LogP contribution in [0.3, 0.4) is 0 Å². The van der Waals surface area contributed by atoms with Crippen LogP contribution in [0.1, 0.15) is 210 Å². The topological polar surface area (TPSA) is 260 Å². The quantitative estimate of drug-likeness (QED) is 0.0117. The number of hydrogen-bond acceptors (Lipinski definition) is 10. The van der Waals surface area contributed by atoms with Crippen LogP contribution in [-0.4, -0.2) is 104 Å². The van der Waals surface area contributed by atoms with Gasteiger partial charge in [0.05, 0.1) is 24.7 Å². The van der Waals surface area contributed by atoms with Gasteiger partial charge in [0, 0.05) is 51.1 Å². The fourth-order valence-electron chi connectivity index (χ4n) is 10.2. The number of nitrogens with zero attached hydrogens (tertiary/aromatic N) is 1. The Morgan fingerprint density at radius 2 is 0.882 bits per heavy atom. The van der Waals surface area contributed by atoms with E-state index in [0.717, 1.165) is 55.4 Å². The van der Waals surface area contributed by atoms with Gasteiger partial charge in [0.1, 0.15) is 11.6 Å². The highest BCUT2D eigenvalue weighted by Crippen LogP contribution is 2.33. The molecule has 5 rings (SSSR count). The molecule has 1 heterocycles. The van der Waals surface area contributed by atoms with Crippen molar-refractivity contribution in [1.82, 2.24) is 15.5 Å². The van der Waals surface area contributed by atoms with Crippen LogP contribution in [0.25, 0.3) is 11.1 Å². The van der Waals surface area contributed by atoms with E-state index in [1.54, 1.807) is 6.07 Å². The van der Waals surface area contributed by atoms with Gasteiger partial charge < -0.3 is 46.0 Å². The Morgan fingerprint density at radius 3 is 1.29 bits per heavy atom. The number of unbranched alkanes of at least 4 members (excludes halogenated alkanes) is 18. The first-order valence-corrected chi connectivity index (χ1v) is 33.8. The van der Waals surface area contributed by atoms with E-state index in [1.807, 2.05) is 41.3 Å². The summed E-state index contributed by atoms with van der Waals surface area (Å²) in [4.78, 5) is 68.7. The van der Waals surface area contributed by atoms with Gasteiger partial charge in [-0.3, -0.25) is 33.7 Å². The lowest BCUT2D eigenvalue weighted by atomic mass is 9.79. The molecular formula is C75H103ClFN3O13. The zero-order chi connectivity index (χ0) is 68.5. The Bertz CT molecular complexity index is 3010. The van der Waals surface area contributed by atoms with Gasteiger partial charge in [0.15, 0.2) is 16.2 Å². The van der Waals surface area contributed by atoms with Gasteiger partial charge in [-0.15, -0.1) is 11.8 Å². The van der Waals surface area contributed by atoms with Crippen molar-refractivity contribution in [2.45, 2.75) is 215 Å². The lowest BCUT2D eigenvalue weighted by Crippen LogP contribution is -2.63. The predicted octanol–water partition coefficient (Wildman–Crippen LogP) is 15.5. The van der Waals surface area contributed by atoms with Crippen LogP contribution >= 0.6 is 11.6 Å². The fraction of sp³-hybridized carbons (Fsp3) is 0.547. The molecule has 93 heavy (non-hydrogen) atoms. The molecule has 1 fully saturated rings. The van der Waals surface area contributed by atoms with Crippen LogP contribution in [-0.2, 0) is 61.2 Å². The van der Waals surface area contributed by atoms with Crippen LogP contribution in [0.5, 0.6) is 5.75 Å². The highest BCUT2D eigenvalue weighted by Gasteiger charge is 2.56. The molecule has 4 aromatic rings. The molecule has 0 bridgehead atoms. The molecule has 0 atom stereocenters. The number of carboxylic acids is 6. The van der Waals surface area contributed by atoms with E-state index in [9.17, 15) is 33.2 Å². The van der Waals surface area contributed by atoms with Crippen molar-refractivity contribution >= 4 is 47.4 Å². The summed E-state index contributed by atoms with van der Waals surface area (Å²) in [5.41, 5.74) is 1.37. The number of carbonyl (C=O) groups is 6. The smallest absolute Gasteiger partial charge is 0.323 e. The number of likely N-dealkylation sites (tertiary alicyclic amines) is 1. The molecule has 1 saturated heterocycles. The fourth-order valence-corrected chi connectivity index (χ4v) is 10.5. The normalized spacial score (nSPS) is 12.5. The van der Waals surface area contributed by atoms with E-state index in [-0.39, 0.29) is 38.3 Å². The molecule has 1 aliphatic heterocycles. The molecule has 8 N–H and O–H groups in total. The maximum Gasteiger partial charge on any atom is 0.323 e. The van der Waals surface area contributed by atoms with E-state index in [1.165, 1.54) is 146 Å². The minimum absolute atomic E-state index is 0.0671. The van der Waals surface area contributed by atoms with E-state index in [2.05, 4.69) is 91.5 Å². The standard InChI is InChI=1S/C28H34FNO4.C25H36ClNO5.C22H33NO4/c1-3-4-5-6-7-10-21-11-14-23(15-12-21)24-16-13-22(19-25(24)29)20-30-18-9-8-17-28(2,26(31)32)27(33)34;1-3-4-5-6-7-8-9-12-17-32-22-14-13-20(18-21(22)26)19-27-16-11-10-15-25(2,23(28)29)24(30)31;1-2-3-4-5-6-7-8-9-10-18-11-13-19(14-12-18)15-23-16-22(17-23,20(24)25)21(26)27/h11-16,19,30H,3-7,10,17-18,20H2,1-2H3,(H,31,32)(H,33,34);13-14,18,27H,3-9,12,15-17,19H2,1-2H3,(H,28,29)(H,30,31);11-14H,2-10,15-17H2,1H3,(H,24,25)(H,26,27).